The van der Waals surface area contributed by atoms with Crippen molar-refractivity contribution in [1.82, 2.24) is 0 Å². The molecule has 1 aromatic heterocycles. The van der Waals surface area contributed by atoms with E-state index >= 15 is 0 Å². The minimum Gasteiger partial charge on any atom is -0.289 e. The number of rotatable bonds is 2. The van der Waals surface area contributed by atoms with Gasteiger partial charge in [-0.1, -0.05) is 11.6 Å². The van der Waals surface area contributed by atoms with E-state index in [0.717, 1.165) is 9.13 Å². The molecule has 0 atom stereocenters. The quantitative estimate of drug-likeness (QED) is 0.586. The summed E-state index contributed by atoms with van der Waals surface area (Å²) in [4.78, 5) is 12.0. The molecular weight excluding hydrogens is 343 g/mol. The third kappa shape index (κ3) is 2.41. The van der Waals surface area contributed by atoms with E-state index in [1.807, 2.05) is 22.9 Å². The van der Waals surface area contributed by atoms with Crippen LogP contribution in [-0.2, 0) is 0 Å². The Hall–Kier alpha value is -0.390. The van der Waals surface area contributed by atoms with Crippen molar-refractivity contribution in [3.05, 3.63) is 54.7 Å². The molecule has 0 aliphatic rings. The van der Waals surface area contributed by atoms with Crippen LogP contribution < -0.4 is 0 Å². The van der Waals surface area contributed by atoms with Crippen molar-refractivity contribution in [2.45, 2.75) is 0 Å². The SMILES string of the molecule is O=C(c1ccsc1)c1cc(Cl)ccc1I. The lowest BCUT2D eigenvalue weighted by molar-refractivity contribution is 0.103. The largest absolute Gasteiger partial charge is 0.289 e. The summed E-state index contributed by atoms with van der Waals surface area (Å²) in [6.45, 7) is 0. The van der Waals surface area contributed by atoms with E-state index in [0.29, 0.717) is 10.6 Å². The average Bonchev–Trinajstić information content (AvgIpc) is 2.74. The average molecular weight is 349 g/mol. The van der Waals surface area contributed by atoms with Crippen LogP contribution >= 0.6 is 45.5 Å². The van der Waals surface area contributed by atoms with Gasteiger partial charge in [-0.25, -0.2) is 0 Å². The first-order valence-corrected chi connectivity index (χ1v) is 6.60. The maximum Gasteiger partial charge on any atom is 0.194 e. The van der Waals surface area contributed by atoms with Crippen LogP contribution in [0.25, 0.3) is 0 Å². The fraction of sp³-hybridized carbons (Fsp3) is 0. The predicted octanol–water partition coefficient (Wildman–Crippen LogP) is 4.24. The molecule has 0 fully saturated rings. The Balaban J connectivity index is 2.46. The topological polar surface area (TPSA) is 17.1 Å². The Bertz CT molecular complexity index is 493. The van der Waals surface area contributed by atoms with Crippen molar-refractivity contribution in [3.63, 3.8) is 0 Å². The highest BCUT2D eigenvalue weighted by atomic mass is 127. The Morgan fingerprint density at radius 2 is 2.13 bits per heavy atom. The standard InChI is InChI=1S/C11H6ClIOS/c12-8-1-2-10(13)9(5-8)11(14)7-3-4-15-6-7/h1-6H. The van der Waals surface area contributed by atoms with Crippen molar-refractivity contribution in [2.24, 2.45) is 0 Å². The van der Waals surface area contributed by atoms with Gasteiger partial charge in [0.25, 0.3) is 0 Å². The summed E-state index contributed by atoms with van der Waals surface area (Å²) in [5.41, 5.74) is 1.39. The number of benzene rings is 1. The van der Waals surface area contributed by atoms with Gasteiger partial charge in [0, 0.05) is 25.1 Å². The van der Waals surface area contributed by atoms with Gasteiger partial charge >= 0.3 is 0 Å². The molecule has 2 aromatic rings. The normalized spacial score (nSPS) is 10.3. The fourth-order valence-corrected chi connectivity index (χ4v) is 2.61. The number of ketones is 1. The first-order chi connectivity index (χ1) is 7.18. The number of halogens is 2. The summed E-state index contributed by atoms with van der Waals surface area (Å²) < 4.78 is 0.924. The van der Waals surface area contributed by atoms with Crippen LogP contribution in [0.15, 0.2) is 35.0 Å². The monoisotopic (exact) mass is 348 g/mol. The van der Waals surface area contributed by atoms with Crippen molar-refractivity contribution in [3.8, 4) is 0 Å². The van der Waals surface area contributed by atoms with Gasteiger partial charge in [0.15, 0.2) is 5.78 Å². The lowest BCUT2D eigenvalue weighted by Gasteiger charge is -2.02. The molecule has 0 aliphatic heterocycles. The minimum absolute atomic E-state index is 0.0307. The highest BCUT2D eigenvalue weighted by Crippen LogP contribution is 2.21. The molecule has 0 saturated carbocycles. The highest BCUT2D eigenvalue weighted by molar-refractivity contribution is 14.1. The molecule has 0 radical (unpaired) electrons. The number of hydrogen-bond donors (Lipinski definition) is 0. The zero-order valence-corrected chi connectivity index (χ0v) is 11.3. The van der Waals surface area contributed by atoms with E-state index < -0.39 is 0 Å². The van der Waals surface area contributed by atoms with E-state index in [1.54, 1.807) is 12.1 Å². The number of carbonyl (C=O) groups is 1. The Labute approximate surface area is 110 Å². The molecule has 76 valence electrons. The van der Waals surface area contributed by atoms with Gasteiger partial charge in [0.2, 0.25) is 0 Å². The summed E-state index contributed by atoms with van der Waals surface area (Å²) in [5.74, 6) is 0.0307. The van der Waals surface area contributed by atoms with Crippen LogP contribution in [0.1, 0.15) is 15.9 Å². The Morgan fingerprint density at radius 1 is 1.33 bits per heavy atom. The van der Waals surface area contributed by atoms with Gasteiger partial charge in [0.05, 0.1) is 0 Å². The highest BCUT2D eigenvalue weighted by Gasteiger charge is 2.12. The van der Waals surface area contributed by atoms with Gasteiger partial charge in [-0.15, -0.1) is 0 Å². The second kappa shape index (κ2) is 4.63. The van der Waals surface area contributed by atoms with Crippen molar-refractivity contribution in [1.29, 1.82) is 0 Å². The fourth-order valence-electron chi connectivity index (χ4n) is 1.22. The lowest BCUT2D eigenvalue weighted by atomic mass is 10.1. The summed E-state index contributed by atoms with van der Waals surface area (Å²) >= 11 is 9.53. The summed E-state index contributed by atoms with van der Waals surface area (Å²) in [7, 11) is 0. The maximum atomic E-state index is 12.0. The zero-order chi connectivity index (χ0) is 10.8. The Morgan fingerprint density at radius 3 is 2.80 bits per heavy atom. The zero-order valence-electron chi connectivity index (χ0n) is 7.54. The van der Waals surface area contributed by atoms with Crippen molar-refractivity contribution in [2.75, 3.05) is 0 Å². The Kier molecular flexibility index (Phi) is 3.43. The van der Waals surface area contributed by atoms with Crippen LogP contribution in [0.2, 0.25) is 5.02 Å². The molecule has 0 unspecified atom stereocenters. The van der Waals surface area contributed by atoms with E-state index in [9.17, 15) is 4.79 Å². The first kappa shape index (κ1) is 11.1. The van der Waals surface area contributed by atoms with E-state index in [2.05, 4.69) is 22.6 Å². The molecule has 0 bridgehead atoms. The van der Waals surface area contributed by atoms with Gasteiger partial charge in [0.1, 0.15) is 0 Å². The van der Waals surface area contributed by atoms with E-state index in [4.69, 9.17) is 11.6 Å². The lowest BCUT2D eigenvalue weighted by Crippen LogP contribution is -2.01. The van der Waals surface area contributed by atoms with E-state index in [-0.39, 0.29) is 5.78 Å². The van der Waals surface area contributed by atoms with Crippen LogP contribution in [0.3, 0.4) is 0 Å². The molecule has 0 spiro atoms. The number of hydrogen-bond acceptors (Lipinski definition) is 2. The molecule has 1 aromatic carbocycles. The van der Waals surface area contributed by atoms with Crippen LogP contribution in [0.5, 0.6) is 0 Å². The molecule has 0 N–H and O–H groups in total. The van der Waals surface area contributed by atoms with Crippen LogP contribution in [-0.4, -0.2) is 5.78 Å². The molecule has 2 rings (SSSR count). The second-order valence-electron chi connectivity index (χ2n) is 2.97. The van der Waals surface area contributed by atoms with E-state index in [1.165, 1.54) is 11.3 Å². The van der Waals surface area contributed by atoms with Crippen LogP contribution in [0.4, 0.5) is 0 Å². The van der Waals surface area contributed by atoms with Gasteiger partial charge in [-0.2, -0.15) is 11.3 Å². The third-order valence-corrected chi connectivity index (χ3v) is 3.82. The summed E-state index contributed by atoms with van der Waals surface area (Å²) in [6, 6.07) is 7.17. The number of carbonyl (C=O) groups excluding carboxylic acids is 1. The predicted molar refractivity (Wildman–Crippen MR) is 71.9 cm³/mol. The van der Waals surface area contributed by atoms with Crippen molar-refractivity contribution < 1.29 is 4.79 Å². The molecule has 15 heavy (non-hydrogen) atoms. The molecule has 1 heterocycles. The molecule has 0 saturated heterocycles. The van der Waals surface area contributed by atoms with Crippen molar-refractivity contribution >= 4 is 51.3 Å². The van der Waals surface area contributed by atoms with Gasteiger partial charge < -0.3 is 0 Å². The van der Waals surface area contributed by atoms with Crippen LogP contribution in [0, 0.1) is 3.57 Å². The third-order valence-electron chi connectivity index (χ3n) is 1.96. The summed E-state index contributed by atoms with van der Waals surface area (Å²) in [5, 5.41) is 4.33. The summed E-state index contributed by atoms with van der Waals surface area (Å²) in [6.07, 6.45) is 0. The molecule has 4 heteroatoms. The minimum atomic E-state index is 0.0307. The maximum absolute atomic E-state index is 12.0. The van der Waals surface area contributed by atoms with Gasteiger partial charge in [-0.3, -0.25) is 4.79 Å². The molecule has 0 aliphatic carbocycles. The second-order valence-corrected chi connectivity index (χ2v) is 5.34. The van der Waals surface area contributed by atoms with Gasteiger partial charge in [-0.05, 0) is 52.2 Å². The molecule has 0 amide bonds. The molecule has 1 nitrogen and oxygen atoms in total. The smallest absolute Gasteiger partial charge is 0.194 e. The first-order valence-electron chi connectivity index (χ1n) is 4.20. The number of thiophene rings is 1. The molecular formula is C11H6ClIOS.